The molecule has 1 aliphatic carbocycles. The Hall–Kier alpha value is -1.62. The molecule has 3 rings (SSSR count). The van der Waals surface area contributed by atoms with Gasteiger partial charge in [0.05, 0.1) is 7.11 Å². The summed E-state index contributed by atoms with van der Waals surface area (Å²) in [7, 11) is 1.63. The molecule has 1 amide bonds. The Balaban J connectivity index is 2.16. The van der Waals surface area contributed by atoms with Crippen molar-refractivity contribution in [1.82, 2.24) is 10.6 Å². The Labute approximate surface area is 111 Å². The molecular formula is C13H14N2O2S. The molecule has 1 spiro atoms. The van der Waals surface area contributed by atoms with Gasteiger partial charge in [-0.05, 0) is 54.7 Å². The van der Waals surface area contributed by atoms with Gasteiger partial charge in [-0.2, -0.15) is 0 Å². The number of methoxy groups -OCH3 is 1. The number of amides is 1. The zero-order valence-electron chi connectivity index (χ0n) is 10.1. The van der Waals surface area contributed by atoms with E-state index in [4.69, 9.17) is 17.0 Å². The Morgan fingerprint density at radius 3 is 2.94 bits per heavy atom. The van der Waals surface area contributed by atoms with Crippen molar-refractivity contribution in [3.8, 4) is 5.75 Å². The first kappa shape index (κ1) is 11.5. The molecule has 0 radical (unpaired) electrons. The van der Waals surface area contributed by atoms with Crippen LogP contribution in [0.5, 0.6) is 5.75 Å². The van der Waals surface area contributed by atoms with Gasteiger partial charge in [-0.3, -0.25) is 4.79 Å². The summed E-state index contributed by atoms with van der Waals surface area (Å²) in [6.07, 6.45) is 2.73. The number of hydrogen-bond acceptors (Lipinski definition) is 3. The zero-order valence-corrected chi connectivity index (χ0v) is 10.9. The molecule has 1 atom stereocenters. The number of fused-ring (bicyclic) bond motifs is 2. The topological polar surface area (TPSA) is 50.4 Å². The van der Waals surface area contributed by atoms with Crippen LogP contribution in [0.15, 0.2) is 18.2 Å². The molecule has 2 N–H and O–H groups in total. The lowest BCUT2D eigenvalue weighted by atomic mass is 9.76. The third-order valence-corrected chi connectivity index (χ3v) is 3.92. The Bertz CT molecular complexity index is 544. The first-order valence-corrected chi connectivity index (χ1v) is 6.37. The molecule has 5 heteroatoms. The molecule has 0 aromatic heterocycles. The lowest BCUT2D eigenvalue weighted by Gasteiger charge is -2.33. The normalized spacial score (nSPS) is 25.6. The highest BCUT2D eigenvalue weighted by molar-refractivity contribution is 7.80. The number of aryl methyl sites for hydroxylation is 1. The van der Waals surface area contributed by atoms with Gasteiger partial charge in [0.1, 0.15) is 11.3 Å². The van der Waals surface area contributed by atoms with Gasteiger partial charge in [-0.15, -0.1) is 0 Å². The number of carbonyl (C=O) groups excluding carboxylic acids is 1. The highest BCUT2D eigenvalue weighted by atomic mass is 32.1. The third-order valence-electron chi connectivity index (χ3n) is 3.72. The predicted octanol–water partition coefficient (Wildman–Crippen LogP) is 1.23. The summed E-state index contributed by atoms with van der Waals surface area (Å²) in [6, 6.07) is 5.91. The minimum Gasteiger partial charge on any atom is -0.497 e. The molecule has 1 fully saturated rings. The maximum absolute atomic E-state index is 12.2. The Morgan fingerprint density at radius 2 is 2.28 bits per heavy atom. The largest absolute Gasteiger partial charge is 0.497 e. The second-order valence-corrected chi connectivity index (χ2v) is 5.10. The maximum Gasteiger partial charge on any atom is 0.256 e. The monoisotopic (exact) mass is 262 g/mol. The van der Waals surface area contributed by atoms with Gasteiger partial charge in [-0.25, -0.2) is 0 Å². The van der Waals surface area contributed by atoms with E-state index in [9.17, 15) is 4.79 Å². The fraction of sp³-hybridized carbons (Fsp3) is 0.385. The Kier molecular flexibility index (Phi) is 2.52. The molecule has 1 heterocycles. The smallest absolute Gasteiger partial charge is 0.256 e. The van der Waals surface area contributed by atoms with Crippen molar-refractivity contribution in [2.75, 3.05) is 7.11 Å². The van der Waals surface area contributed by atoms with Crippen LogP contribution in [-0.2, 0) is 16.8 Å². The number of hydrogen-bond donors (Lipinski definition) is 2. The number of benzene rings is 1. The molecule has 94 valence electrons. The molecule has 18 heavy (non-hydrogen) atoms. The van der Waals surface area contributed by atoms with Crippen LogP contribution in [0.4, 0.5) is 0 Å². The molecule has 0 bridgehead atoms. The number of thiocarbonyl (C=S) groups is 1. The number of nitrogens with one attached hydrogen (secondary N) is 2. The average molecular weight is 262 g/mol. The highest BCUT2D eigenvalue weighted by Crippen LogP contribution is 2.39. The molecule has 0 saturated carbocycles. The summed E-state index contributed by atoms with van der Waals surface area (Å²) in [5.74, 6) is 0.712. The first-order chi connectivity index (χ1) is 8.65. The van der Waals surface area contributed by atoms with E-state index in [1.54, 1.807) is 7.11 Å². The van der Waals surface area contributed by atoms with Crippen LogP contribution in [0.2, 0.25) is 0 Å². The maximum atomic E-state index is 12.2. The summed E-state index contributed by atoms with van der Waals surface area (Å²) in [5, 5.41) is 6.25. The van der Waals surface area contributed by atoms with Crippen molar-refractivity contribution in [2.45, 2.75) is 24.8 Å². The van der Waals surface area contributed by atoms with Gasteiger partial charge in [0.25, 0.3) is 5.91 Å². The lowest BCUT2D eigenvalue weighted by Crippen LogP contribution is -2.46. The van der Waals surface area contributed by atoms with E-state index in [-0.39, 0.29) is 5.91 Å². The van der Waals surface area contributed by atoms with Crippen molar-refractivity contribution in [2.24, 2.45) is 0 Å². The van der Waals surface area contributed by atoms with Gasteiger partial charge in [-0.1, -0.05) is 6.07 Å². The summed E-state index contributed by atoms with van der Waals surface area (Å²) in [5.41, 5.74) is 1.49. The van der Waals surface area contributed by atoms with Crippen LogP contribution in [0, 0.1) is 0 Å². The van der Waals surface area contributed by atoms with Gasteiger partial charge < -0.3 is 15.4 Å². The summed E-state index contributed by atoms with van der Waals surface area (Å²) >= 11 is 5.07. The van der Waals surface area contributed by atoms with E-state index in [1.807, 2.05) is 18.2 Å². The van der Waals surface area contributed by atoms with Crippen LogP contribution in [0.1, 0.15) is 24.0 Å². The molecule has 4 nitrogen and oxygen atoms in total. The van der Waals surface area contributed by atoms with Crippen LogP contribution in [0.3, 0.4) is 0 Å². The molecule has 1 aromatic rings. The first-order valence-electron chi connectivity index (χ1n) is 5.97. The fourth-order valence-corrected chi connectivity index (χ4v) is 3.10. The van der Waals surface area contributed by atoms with Gasteiger partial charge in [0.2, 0.25) is 0 Å². The summed E-state index contributed by atoms with van der Waals surface area (Å²) in [4.78, 5) is 12.2. The zero-order chi connectivity index (χ0) is 12.8. The average Bonchev–Trinajstić information content (AvgIpc) is 2.65. The SMILES string of the molecule is COc1ccc2c(c1)C1(CCC2)NC(=S)NC1=O. The molecule has 2 aliphatic rings. The predicted molar refractivity (Wildman–Crippen MR) is 71.5 cm³/mol. The van der Waals surface area contributed by atoms with Crippen molar-refractivity contribution < 1.29 is 9.53 Å². The van der Waals surface area contributed by atoms with Crippen molar-refractivity contribution in [1.29, 1.82) is 0 Å². The van der Waals surface area contributed by atoms with E-state index in [0.29, 0.717) is 5.11 Å². The van der Waals surface area contributed by atoms with E-state index in [2.05, 4.69) is 10.6 Å². The van der Waals surface area contributed by atoms with Gasteiger partial charge in [0.15, 0.2) is 5.11 Å². The van der Waals surface area contributed by atoms with E-state index < -0.39 is 5.54 Å². The van der Waals surface area contributed by atoms with E-state index >= 15 is 0 Å². The second kappa shape index (κ2) is 3.95. The molecule has 1 aromatic carbocycles. The van der Waals surface area contributed by atoms with Gasteiger partial charge in [0, 0.05) is 0 Å². The molecule has 1 aliphatic heterocycles. The minimum atomic E-state index is -0.695. The van der Waals surface area contributed by atoms with Gasteiger partial charge >= 0.3 is 0 Å². The summed E-state index contributed by atoms with van der Waals surface area (Å²) < 4.78 is 5.25. The lowest BCUT2D eigenvalue weighted by molar-refractivity contribution is -0.124. The number of rotatable bonds is 1. The van der Waals surface area contributed by atoms with E-state index in [0.717, 1.165) is 30.6 Å². The van der Waals surface area contributed by atoms with E-state index in [1.165, 1.54) is 5.56 Å². The van der Waals surface area contributed by atoms with Crippen molar-refractivity contribution >= 4 is 23.2 Å². The highest BCUT2D eigenvalue weighted by Gasteiger charge is 2.48. The molecular weight excluding hydrogens is 248 g/mol. The van der Waals surface area contributed by atoms with Crippen LogP contribution in [0.25, 0.3) is 0 Å². The van der Waals surface area contributed by atoms with Crippen LogP contribution >= 0.6 is 12.2 Å². The van der Waals surface area contributed by atoms with Crippen LogP contribution < -0.4 is 15.4 Å². The van der Waals surface area contributed by atoms with Crippen molar-refractivity contribution in [3.05, 3.63) is 29.3 Å². The fourth-order valence-electron chi connectivity index (χ4n) is 2.83. The minimum absolute atomic E-state index is 0.0540. The quantitative estimate of drug-likeness (QED) is 0.748. The molecule has 1 saturated heterocycles. The molecule has 1 unspecified atom stereocenters. The number of ether oxygens (including phenoxy) is 1. The number of carbonyl (C=O) groups is 1. The second-order valence-electron chi connectivity index (χ2n) is 4.69. The third kappa shape index (κ3) is 1.50. The standard InChI is InChI=1S/C13H14N2O2S/c1-17-9-5-4-8-3-2-6-13(10(8)7-9)11(16)14-12(18)15-13/h4-5,7H,2-3,6H2,1H3,(H2,14,15,16,18). The van der Waals surface area contributed by atoms with Crippen LogP contribution in [-0.4, -0.2) is 18.1 Å². The Morgan fingerprint density at radius 1 is 1.44 bits per heavy atom. The summed E-state index contributed by atoms with van der Waals surface area (Å²) in [6.45, 7) is 0. The van der Waals surface area contributed by atoms with Crippen molar-refractivity contribution in [3.63, 3.8) is 0 Å².